The zero-order valence-electron chi connectivity index (χ0n) is 21.4. The first kappa shape index (κ1) is 33.4. The molecule has 1 saturated heterocycles. The minimum Gasteiger partial charge on any atom is -0.394 e. The van der Waals surface area contributed by atoms with E-state index in [1.165, 1.54) is 57.8 Å². The van der Waals surface area contributed by atoms with E-state index in [1.54, 1.807) is 6.08 Å². The van der Waals surface area contributed by atoms with E-state index in [0.29, 0.717) is 0 Å². The summed E-state index contributed by atoms with van der Waals surface area (Å²) in [6, 6.07) is -0.880. The van der Waals surface area contributed by atoms with Gasteiger partial charge in [-0.15, -0.1) is 0 Å². The second-order valence-corrected chi connectivity index (χ2v) is 10.5. The van der Waals surface area contributed by atoms with Crippen LogP contribution < -0.4 is 5.73 Å². The predicted molar refractivity (Wildman–Crippen MR) is 134 cm³/mol. The number of rotatable bonds is 20. The van der Waals surface area contributed by atoms with Crippen LogP contribution in [0, 0.1) is 0 Å². The van der Waals surface area contributed by atoms with Crippen LogP contribution in [-0.4, -0.2) is 89.5 Å². The molecule has 0 bridgehead atoms. The molecular weight excluding hydrogens is 494 g/mol. The normalized spacial score (nSPS) is 26.9. The molecule has 1 aliphatic rings. The Morgan fingerprint density at radius 3 is 2.06 bits per heavy atom. The number of aliphatic hydroxyl groups is 4. The molecule has 1 heterocycles. The first-order chi connectivity index (χ1) is 17.1. The van der Waals surface area contributed by atoms with Crippen LogP contribution >= 0.6 is 0 Å². The first-order valence-corrected chi connectivity index (χ1v) is 14.5. The van der Waals surface area contributed by atoms with Crippen molar-refractivity contribution in [2.75, 3.05) is 13.2 Å². The lowest BCUT2D eigenvalue weighted by Gasteiger charge is -2.41. The van der Waals surface area contributed by atoms with E-state index < -0.39 is 59.9 Å². The van der Waals surface area contributed by atoms with Crippen molar-refractivity contribution in [3.05, 3.63) is 12.2 Å². The zero-order chi connectivity index (χ0) is 27.0. The Hall–Kier alpha value is -0.670. The number of nitrogens with two attached hydrogens (primary N) is 1. The van der Waals surface area contributed by atoms with Gasteiger partial charge in [-0.2, -0.15) is 8.42 Å². The number of unbranched alkanes of at least 4 members (excludes halogenated alkanes) is 11. The second-order valence-electron chi connectivity index (χ2n) is 9.44. The molecule has 0 saturated carbocycles. The number of aliphatic hydroxyl groups excluding tert-OH is 4. The molecule has 0 spiro atoms. The molecule has 1 aliphatic heterocycles. The Kier molecular flexibility index (Phi) is 17.2. The van der Waals surface area contributed by atoms with E-state index in [4.69, 9.17) is 19.8 Å². The third-order valence-corrected chi connectivity index (χ3v) is 6.72. The summed E-state index contributed by atoms with van der Waals surface area (Å²) in [5.74, 6) is 0. The quantitative estimate of drug-likeness (QED) is 0.0745. The Labute approximate surface area is 215 Å². The number of ether oxygens (including phenoxy) is 2. The molecule has 1 rings (SSSR count). The second kappa shape index (κ2) is 18.6. The summed E-state index contributed by atoms with van der Waals surface area (Å²) in [5, 5.41) is 39.8. The van der Waals surface area contributed by atoms with Crippen LogP contribution in [0.15, 0.2) is 12.2 Å². The standard InChI is InChI=1S/C24H47NO10S/c1-2-3-4-5-6-7-8-9-10-11-12-13-14-15-19(27)18(25)17-33-24-22(29)23(35-36(30,31)32)21(28)20(16-26)34-24/h14-15,18-24,26-29H,2-13,16-17,25H2,1H3,(H,30,31,32)/b15-14+/t18-,19+,20+,21+,22-,23-,24+/m0/s1. The highest BCUT2D eigenvalue weighted by molar-refractivity contribution is 7.80. The molecule has 0 unspecified atom stereocenters. The SMILES string of the molecule is CCCCCCCCCCCCC/C=C/[C@@H](O)[C@@H](N)CO[C@@H]1O[C@H](CO)[C@@H](O)[C@H](OS(=O)(=O)O)[C@@H]1O. The highest BCUT2D eigenvalue weighted by atomic mass is 32.3. The summed E-state index contributed by atoms with van der Waals surface area (Å²) in [4.78, 5) is 0. The van der Waals surface area contributed by atoms with E-state index in [1.807, 2.05) is 6.08 Å². The molecule has 7 atom stereocenters. The van der Waals surface area contributed by atoms with Gasteiger partial charge in [0.15, 0.2) is 6.29 Å². The van der Waals surface area contributed by atoms with E-state index in [0.717, 1.165) is 19.3 Å². The number of hydrogen-bond donors (Lipinski definition) is 6. The van der Waals surface area contributed by atoms with Gasteiger partial charge >= 0.3 is 10.4 Å². The lowest BCUT2D eigenvalue weighted by atomic mass is 9.99. The highest BCUT2D eigenvalue weighted by Gasteiger charge is 2.47. The van der Waals surface area contributed by atoms with Crippen LogP contribution in [0.4, 0.5) is 0 Å². The van der Waals surface area contributed by atoms with Crippen LogP contribution in [0.3, 0.4) is 0 Å². The van der Waals surface area contributed by atoms with Gasteiger partial charge in [0, 0.05) is 0 Å². The van der Waals surface area contributed by atoms with E-state index in [2.05, 4.69) is 11.1 Å². The van der Waals surface area contributed by atoms with Gasteiger partial charge in [0.2, 0.25) is 0 Å². The van der Waals surface area contributed by atoms with Gasteiger partial charge in [-0.1, -0.05) is 83.3 Å². The minimum atomic E-state index is -5.00. The lowest BCUT2D eigenvalue weighted by molar-refractivity contribution is -0.298. The fourth-order valence-electron chi connectivity index (χ4n) is 4.05. The summed E-state index contributed by atoms with van der Waals surface area (Å²) in [6.45, 7) is 1.22. The summed E-state index contributed by atoms with van der Waals surface area (Å²) in [6.07, 6.45) is 8.83. The van der Waals surface area contributed by atoms with Gasteiger partial charge in [-0.3, -0.25) is 4.55 Å². The van der Waals surface area contributed by atoms with Crippen molar-refractivity contribution in [3.8, 4) is 0 Å². The molecular formula is C24H47NO10S. The third kappa shape index (κ3) is 13.8. The van der Waals surface area contributed by atoms with Crippen molar-refractivity contribution < 1.29 is 47.1 Å². The maximum atomic E-state index is 11.0. The molecule has 12 heteroatoms. The lowest BCUT2D eigenvalue weighted by Crippen LogP contribution is -2.61. The Balaban J connectivity index is 2.28. The maximum Gasteiger partial charge on any atom is 0.397 e. The summed E-state index contributed by atoms with van der Waals surface area (Å²) in [5.41, 5.74) is 5.93. The fraction of sp³-hybridized carbons (Fsp3) is 0.917. The summed E-state index contributed by atoms with van der Waals surface area (Å²) in [7, 11) is -5.00. The topological polar surface area (TPSA) is 189 Å². The fourth-order valence-corrected chi connectivity index (χ4v) is 4.56. The largest absolute Gasteiger partial charge is 0.397 e. The first-order valence-electron chi connectivity index (χ1n) is 13.1. The molecule has 1 fully saturated rings. The van der Waals surface area contributed by atoms with Crippen molar-refractivity contribution in [2.24, 2.45) is 5.73 Å². The van der Waals surface area contributed by atoms with E-state index >= 15 is 0 Å². The molecule has 214 valence electrons. The van der Waals surface area contributed by atoms with Crippen LogP contribution in [0.1, 0.15) is 84.0 Å². The number of allylic oxidation sites excluding steroid dienone is 1. The van der Waals surface area contributed by atoms with Gasteiger partial charge in [-0.25, -0.2) is 4.18 Å². The average Bonchev–Trinajstić information content (AvgIpc) is 2.83. The maximum absolute atomic E-state index is 11.0. The minimum absolute atomic E-state index is 0.279. The molecule has 0 radical (unpaired) electrons. The predicted octanol–water partition coefficient (Wildman–Crippen LogP) is 1.58. The Morgan fingerprint density at radius 1 is 0.972 bits per heavy atom. The highest BCUT2D eigenvalue weighted by Crippen LogP contribution is 2.25. The van der Waals surface area contributed by atoms with Crippen LogP contribution in [-0.2, 0) is 24.1 Å². The van der Waals surface area contributed by atoms with Crippen LogP contribution in [0.2, 0.25) is 0 Å². The van der Waals surface area contributed by atoms with Crippen molar-refractivity contribution in [1.29, 1.82) is 0 Å². The average molecular weight is 542 g/mol. The monoisotopic (exact) mass is 541 g/mol. The van der Waals surface area contributed by atoms with Crippen molar-refractivity contribution in [3.63, 3.8) is 0 Å². The number of hydrogen-bond acceptors (Lipinski definition) is 10. The molecule has 36 heavy (non-hydrogen) atoms. The third-order valence-electron chi connectivity index (χ3n) is 6.25. The van der Waals surface area contributed by atoms with Gasteiger partial charge < -0.3 is 35.6 Å². The van der Waals surface area contributed by atoms with Crippen molar-refractivity contribution in [2.45, 2.75) is 127 Å². The van der Waals surface area contributed by atoms with Crippen molar-refractivity contribution in [1.82, 2.24) is 0 Å². The molecule has 0 aromatic heterocycles. The summed E-state index contributed by atoms with van der Waals surface area (Å²) >= 11 is 0. The van der Waals surface area contributed by atoms with Gasteiger partial charge in [0.1, 0.15) is 24.4 Å². The van der Waals surface area contributed by atoms with E-state index in [-0.39, 0.29) is 6.61 Å². The Bertz CT molecular complexity index is 692. The van der Waals surface area contributed by atoms with Gasteiger partial charge in [0.05, 0.1) is 25.4 Å². The van der Waals surface area contributed by atoms with Gasteiger partial charge in [0.25, 0.3) is 0 Å². The smallest absolute Gasteiger partial charge is 0.394 e. The van der Waals surface area contributed by atoms with E-state index in [9.17, 15) is 28.8 Å². The van der Waals surface area contributed by atoms with Crippen molar-refractivity contribution >= 4 is 10.4 Å². The van der Waals surface area contributed by atoms with Gasteiger partial charge in [-0.05, 0) is 12.8 Å². The molecule has 0 amide bonds. The molecule has 0 aromatic rings. The Morgan fingerprint density at radius 2 is 1.53 bits per heavy atom. The molecule has 7 N–H and O–H groups in total. The zero-order valence-corrected chi connectivity index (χ0v) is 22.2. The molecule has 11 nitrogen and oxygen atoms in total. The van der Waals surface area contributed by atoms with Crippen LogP contribution in [0.5, 0.6) is 0 Å². The molecule has 0 aromatic carbocycles. The van der Waals surface area contributed by atoms with Crippen LogP contribution in [0.25, 0.3) is 0 Å². The summed E-state index contributed by atoms with van der Waals surface area (Å²) < 4.78 is 45.8. The molecule has 0 aliphatic carbocycles.